The molecule has 0 aliphatic carbocycles. The number of carboxylic acid groups (broad SMARTS) is 1. The minimum atomic E-state index is -1.21. The lowest BCUT2D eigenvalue weighted by atomic mass is 9.97. The standard InChI is InChI=1S/C36H66N8O9S/c1-12-22(10)30(44-31(47)23(37)13-14-54-11)34(50)39-16-25(45)41-28(20(6)7)35(51)40-24(15-18(2)3)32(48)43-27(19(4)5)33(49)38-17-26(46)42-29(21(8)9)36(52)53/h18-24,27-30H,12-17,37H2,1-11H3,(H,38,49)(H,39,50)(H,40,51)(H,41,45)(H,42,46)(H,43,48)(H,44,47)(H,52,53)/t22-,23-,24-,27-,28-,29-,30-/m0/s1. The van der Waals surface area contributed by atoms with Gasteiger partial charge in [0.25, 0.3) is 0 Å². The van der Waals surface area contributed by atoms with E-state index in [-0.39, 0.29) is 18.3 Å². The lowest BCUT2D eigenvalue weighted by Gasteiger charge is -2.28. The molecule has 0 saturated heterocycles. The van der Waals surface area contributed by atoms with E-state index in [0.29, 0.717) is 18.6 Å². The van der Waals surface area contributed by atoms with Crippen molar-refractivity contribution in [3.63, 3.8) is 0 Å². The first-order valence-electron chi connectivity index (χ1n) is 18.6. The zero-order chi connectivity index (χ0) is 41.9. The molecule has 0 aromatic rings. The summed E-state index contributed by atoms with van der Waals surface area (Å²) >= 11 is 1.55. The molecule has 0 aliphatic heterocycles. The van der Waals surface area contributed by atoms with Crippen molar-refractivity contribution in [1.82, 2.24) is 37.2 Å². The van der Waals surface area contributed by atoms with Crippen molar-refractivity contribution in [3.05, 3.63) is 0 Å². The predicted molar refractivity (Wildman–Crippen MR) is 208 cm³/mol. The minimum absolute atomic E-state index is 0.0689. The number of carbonyl (C=O) groups is 8. The van der Waals surface area contributed by atoms with Gasteiger partial charge in [-0.2, -0.15) is 11.8 Å². The molecule has 0 spiro atoms. The molecular weight excluding hydrogens is 721 g/mol. The first kappa shape index (κ1) is 50.1. The van der Waals surface area contributed by atoms with Crippen molar-refractivity contribution >= 4 is 59.1 Å². The molecule has 7 amide bonds. The Bertz CT molecular complexity index is 1280. The summed E-state index contributed by atoms with van der Waals surface area (Å²) in [5, 5.41) is 27.3. The quantitative estimate of drug-likeness (QED) is 0.0588. The van der Waals surface area contributed by atoms with E-state index >= 15 is 0 Å². The number of thioether (sulfide) groups is 1. The maximum atomic E-state index is 13.5. The molecule has 10 N–H and O–H groups in total. The molecule has 18 heteroatoms. The molecule has 17 nitrogen and oxygen atoms in total. The SMILES string of the molecule is CC[C@H](C)[C@H](NC(=O)[C@@H](N)CCSC)C(=O)NCC(=O)N[C@H](C(=O)N[C@@H](CC(C)C)C(=O)N[C@H](C(=O)NCC(=O)N[C@H](C(=O)O)C(C)C)C(C)C)C(C)C. The summed E-state index contributed by atoms with van der Waals surface area (Å²) in [4.78, 5) is 103. The molecule has 0 heterocycles. The first-order chi connectivity index (χ1) is 25.1. The number of aliphatic carboxylic acids is 1. The number of hydrogen-bond donors (Lipinski definition) is 9. The number of nitrogens with two attached hydrogens (primary N) is 1. The molecule has 0 aromatic heterocycles. The summed E-state index contributed by atoms with van der Waals surface area (Å²) in [7, 11) is 0. The highest BCUT2D eigenvalue weighted by Gasteiger charge is 2.33. The third-order valence-electron chi connectivity index (χ3n) is 8.71. The van der Waals surface area contributed by atoms with Crippen LogP contribution in [0, 0.1) is 29.6 Å². The van der Waals surface area contributed by atoms with Crippen molar-refractivity contribution in [3.8, 4) is 0 Å². The number of rotatable bonds is 25. The number of amides is 7. The fourth-order valence-corrected chi connectivity index (χ4v) is 5.63. The van der Waals surface area contributed by atoms with E-state index < -0.39 is 114 Å². The van der Waals surface area contributed by atoms with Gasteiger partial charge in [-0.05, 0) is 54.4 Å². The highest BCUT2D eigenvalue weighted by molar-refractivity contribution is 7.98. The Morgan fingerprint density at radius 2 is 1.04 bits per heavy atom. The molecule has 0 rings (SSSR count). The van der Waals surface area contributed by atoms with Crippen LogP contribution in [0.2, 0.25) is 0 Å². The van der Waals surface area contributed by atoms with Gasteiger partial charge < -0.3 is 48.1 Å². The van der Waals surface area contributed by atoms with Gasteiger partial charge in [0.2, 0.25) is 41.4 Å². The fraction of sp³-hybridized carbons (Fsp3) is 0.778. The van der Waals surface area contributed by atoms with Crippen LogP contribution in [-0.4, -0.2) is 114 Å². The molecule has 0 aromatic carbocycles. The Kier molecular flexibility index (Phi) is 23.4. The smallest absolute Gasteiger partial charge is 0.326 e. The normalized spacial score (nSPS) is 15.3. The van der Waals surface area contributed by atoms with E-state index in [9.17, 15) is 43.5 Å². The summed E-state index contributed by atoms with van der Waals surface area (Å²) in [6.45, 7) is 16.4. The fourth-order valence-electron chi connectivity index (χ4n) is 5.14. The molecule has 0 unspecified atom stereocenters. The van der Waals surface area contributed by atoms with Gasteiger partial charge in [0.15, 0.2) is 0 Å². The Labute approximate surface area is 324 Å². The topological polar surface area (TPSA) is 267 Å². The molecule has 310 valence electrons. The summed E-state index contributed by atoms with van der Waals surface area (Å²) in [6.07, 6.45) is 3.09. The lowest BCUT2D eigenvalue weighted by molar-refractivity contribution is -0.143. The second kappa shape index (κ2) is 25.2. The number of carbonyl (C=O) groups excluding carboxylic acids is 7. The molecule has 7 atom stereocenters. The van der Waals surface area contributed by atoms with Crippen LogP contribution in [0.25, 0.3) is 0 Å². The van der Waals surface area contributed by atoms with Crippen LogP contribution in [0.4, 0.5) is 0 Å². The monoisotopic (exact) mass is 786 g/mol. The van der Waals surface area contributed by atoms with E-state index in [1.165, 1.54) is 0 Å². The van der Waals surface area contributed by atoms with Crippen LogP contribution in [0.1, 0.15) is 88.5 Å². The van der Waals surface area contributed by atoms with E-state index in [0.717, 1.165) is 0 Å². The molecule has 0 fully saturated rings. The highest BCUT2D eigenvalue weighted by atomic mass is 32.2. The molecule has 0 radical (unpaired) electrons. The van der Waals surface area contributed by atoms with Crippen LogP contribution in [0.15, 0.2) is 0 Å². The number of nitrogens with one attached hydrogen (secondary N) is 7. The van der Waals surface area contributed by atoms with Crippen LogP contribution >= 0.6 is 11.8 Å². The predicted octanol–water partition coefficient (Wildman–Crippen LogP) is -0.132. The maximum absolute atomic E-state index is 13.5. The van der Waals surface area contributed by atoms with Gasteiger partial charge >= 0.3 is 5.97 Å². The van der Waals surface area contributed by atoms with E-state index in [4.69, 9.17) is 5.73 Å². The van der Waals surface area contributed by atoms with Gasteiger partial charge in [-0.1, -0.05) is 75.7 Å². The van der Waals surface area contributed by atoms with E-state index in [1.54, 1.807) is 60.2 Å². The van der Waals surface area contributed by atoms with Crippen LogP contribution in [0.3, 0.4) is 0 Å². The second-order valence-corrected chi connectivity index (χ2v) is 16.0. The van der Waals surface area contributed by atoms with Gasteiger partial charge in [-0.3, -0.25) is 33.6 Å². The maximum Gasteiger partial charge on any atom is 0.326 e. The highest BCUT2D eigenvalue weighted by Crippen LogP contribution is 2.12. The lowest BCUT2D eigenvalue weighted by Crippen LogP contribution is -2.60. The van der Waals surface area contributed by atoms with Crippen molar-refractivity contribution in [2.24, 2.45) is 35.3 Å². The van der Waals surface area contributed by atoms with Crippen LogP contribution in [0.5, 0.6) is 0 Å². The summed E-state index contributed by atoms with van der Waals surface area (Å²) in [5.74, 6) is -6.54. The summed E-state index contributed by atoms with van der Waals surface area (Å²) < 4.78 is 0. The van der Waals surface area contributed by atoms with E-state index in [2.05, 4.69) is 37.2 Å². The molecule has 0 aliphatic rings. The number of carboxylic acids is 1. The zero-order valence-corrected chi connectivity index (χ0v) is 34.6. The third kappa shape index (κ3) is 18.4. The first-order valence-corrected chi connectivity index (χ1v) is 20.0. The van der Waals surface area contributed by atoms with Gasteiger partial charge in [0, 0.05) is 0 Å². The van der Waals surface area contributed by atoms with Gasteiger partial charge in [0.05, 0.1) is 19.1 Å². The van der Waals surface area contributed by atoms with E-state index in [1.807, 2.05) is 27.0 Å². The van der Waals surface area contributed by atoms with Crippen molar-refractivity contribution in [2.75, 3.05) is 25.1 Å². The molecular formula is C36H66N8O9S. The third-order valence-corrected chi connectivity index (χ3v) is 9.36. The van der Waals surface area contributed by atoms with Gasteiger partial charge in [-0.25, -0.2) is 4.79 Å². The number of hydrogen-bond acceptors (Lipinski definition) is 10. The molecule has 54 heavy (non-hydrogen) atoms. The van der Waals surface area contributed by atoms with Crippen LogP contribution < -0.4 is 43.0 Å². The van der Waals surface area contributed by atoms with Gasteiger partial charge in [-0.15, -0.1) is 0 Å². The van der Waals surface area contributed by atoms with Crippen molar-refractivity contribution < 1.29 is 43.5 Å². The Hall–Kier alpha value is -3.93. The van der Waals surface area contributed by atoms with Crippen molar-refractivity contribution in [1.29, 1.82) is 0 Å². The summed E-state index contributed by atoms with van der Waals surface area (Å²) in [5.41, 5.74) is 5.98. The molecule has 0 bridgehead atoms. The average Bonchev–Trinajstić information content (AvgIpc) is 3.08. The van der Waals surface area contributed by atoms with Crippen LogP contribution in [-0.2, 0) is 38.4 Å². The van der Waals surface area contributed by atoms with Crippen molar-refractivity contribution in [2.45, 2.75) is 125 Å². The largest absolute Gasteiger partial charge is 0.480 e. The zero-order valence-electron chi connectivity index (χ0n) is 33.8. The Balaban J connectivity index is 5.66. The summed E-state index contributed by atoms with van der Waals surface area (Å²) in [6, 6.07) is -6.16. The average molecular weight is 787 g/mol. The minimum Gasteiger partial charge on any atom is -0.480 e. The molecule has 0 saturated carbocycles. The van der Waals surface area contributed by atoms with Gasteiger partial charge in [0.1, 0.15) is 30.2 Å². The Morgan fingerprint density at radius 1 is 0.593 bits per heavy atom. The Morgan fingerprint density at radius 3 is 1.46 bits per heavy atom. The second-order valence-electron chi connectivity index (χ2n) is 15.0.